The number of aryl methyl sites for hydroxylation is 1. The zero-order chi connectivity index (χ0) is 19.1. The summed E-state index contributed by atoms with van der Waals surface area (Å²) in [5.74, 6) is 1.70. The lowest BCUT2D eigenvalue weighted by molar-refractivity contribution is 0.414. The van der Waals surface area contributed by atoms with Crippen LogP contribution in [0.5, 0.6) is 5.75 Å². The molecular weight excluding hydrogens is 336 g/mol. The van der Waals surface area contributed by atoms with Crippen LogP contribution in [-0.2, 0) is 13.0 Å². The van der Waals surface area contributed by atoms with Crippen molar-refractivity contribution in [2.75, 3.05) is 20.2 Å². The van der Waals surface area contributed by atoms with E-state index in [-0.39, 0.29) is 0 Å². The van der Waals surface area contributed by atoms with Crippen LogP contribution in [0.1, 0.15) is 23.7 Å². The van der Waals surface area contributed by atoms with Crippen LogP contribution in [0.4, 0.5) is 0 Å². The van der Waals surface area contributed by atoms with Gasteiger partial charge in [-0.2, -0.15) is 0 Å². The highest BCUT2D eigenvalue weighted by Crippen LogP contribution is 2.21. The van der Waals surface area contributed by atoms with Crippen LogP contribution in [0, 0.1) is 6.92 Å². The maximum Gasteiger partial charge on any atom is 0.191 e. The van der Waals surface area contributed by atoms with Crippen LogP contribution in [0.3, 0.4) is 0 Å². The molecule has 3 aromatic rings. The molecule has 0 aliphatic heterocycles. The van der Waals surface area contributed by atoms with E-state index >= 15 is 0 Å². The molecule has 0 bridgehead atoms. The number of para-hydroxylation sites is 1. The largest absolute Gasteiger partial charge is 0.497 e. The summed E-state index contributed by atoms with van der Waals surface area (Å²) in [4.78, 5) is 8.15. The van der Waals surface area contributed by atoms with Crippen LogP contribution in [0.25, 0.3) is 10.9 Å². The molecule has 5 heteroatoms. The van der Waals surface area contributed by atoms with Gasteiger partial charge in [0.15, 0.2) is 5.96 Å². The lowest BCUT2D eigenvalue weighted by Gasteiger charge is -2.11. The second-order valence-corrected chi connectivity index (χ2v) is 6.49. The topological polar surface area (TPSA) is 61.4 Å². The summed E-state index contributed by atoms with van der Waals surface area (Å²) in [5, 5.41) is 8.06. The Morgan fingerprint density at radius 2 is 1.85 bits per heavy atom. The number of rotatable bonds is 7. The third kappa shape index (κ3) is 4.82. The Bertz CT molecular complexity index is 896. The van der Waals surface area contributed by atoms with Crippen molar-refractivity contribution in [1.29, 1.82) is 0 Å². The minimum atomic E-state index is 0.630. The summed E-state index contributed by atoms with van der Waals surface area (Å²) in [6.07, 6.45) is 0.947. The Morgan fingerprint density at radius 1 is 1.07 bits per heavy atom. The molecule has 2 aromatic carbocycles. The van der Waals surface area contributed by atoms with E-state index in [9.17, 15) is 0 Å². The fourth-order valence-electron chi connectivity index (χ4n) is 3.21. The van der Waals surface area contributed by atoms with E-state index < -0.39 is 0 Å². The number of ether oxygens (including phenoxy) is 1. The van der Waals surface area contributed by atoms with Gasteiger partial charge in [0.25, 0.3) is 0 Å². The van der Waals surface area contributed by atoms with Crippen molar-refractivity contribution < 1.29 is 4.74 Å². The average molecular weight is 364 g/mol. The minimum absolute atomic E-state index is 0.630. The summed E-state index contributed by atoms with van der Waals surface area (Å²) < 4.78 is 5.20. The van der Waals surface area contributed by atoms with Crippen molar-refractivity contribution >= 4 is 16.9 Å². The van der Waals surface area contributed by atoms with Crippen LogP contribution >= 0.6 is 0 Å². The normalized spacial score (nSPS) is 11.6. The maximum atomic E-state index is 5.20. The molecule has 1 aromatic heterocycles. The van der Waals surface area contributed by atoms with Gasteiger partial charge < -0.3 is 20.4 Å². The summed E-state index contributed by atoms with van der Waals surface area (Å²) in [6.45, 7) is 6.51. The molecule has 0 atom stereocenters. The second kappa shape index (κ2) is 9.12. The van der Waals surface area contributed by atoms with Crippen molar-refractivity contribution in [2.24, 2.45) is 4.99 Å². The molecule has 0 saturated carbocycles. The highest BCUT2D eigenvalue weighted by Gasteiger charge is 2.07. The summed E-state index contributed by atoms with van der Waals surface area (Å²) in [7, 11) is 1.68. The van der Waals surface area contributed by atoms with Crippen LogP contribution in [0.2, 0.25) is 0 Å². The molecule has 0 amide bonds. The van der Waals surface area contributed by atoms with Gasteiger partial charge in [-0.1, -0.05) is 30.3 Å². The summed E-state index contributed by atoms with van der Waals surface area (Å²) >= 11 is 0. The van der Waals surface area contributed by atoms with E-state index in [1.165, 1.54) is 22.2 Å². The van der Waals surface area contributed by atoms with Gasteiger partial charge in [-0.05, 0) is 49.6 Å². The standard InChI is InChI=1S/C22H28N4O/c1-4-23-22(25-15-17-9-11-18(27-3)12-10-17)24-14-13-19-16(2)26-21-8-6-5-7-20(19)21/h5-12,26H,4,13-15H2,1-3H3,(H2,23,24,25). The van der Waals surface area contributed by atoms with E-state index in [0.717, 1.165) is 36.8 Å². The smallest absolute Gasteiger partial charge is 0.191 e. The third-order valence-electron chi connectivity index (χ3n) is 4.62. The molecule has 0 spiro atoms. The first-order valence-corrected chi connectivity index (χ1v) is 9.42. The Morgan fingerprint density at radius 3 is 2.59 bits per heavy atom. The molecule has 5 nitrogen and oxygen atoms in total. The number of benzene rings is 2. The van der Waals surface area contributed by atoms with Gasteiger partial charge in [0.2, 0.25) is 0 Å². The first-order chi connectivity index (χ1) is 13.2. The molecule has 27 heavy (non-hydrogen) atoms. The number of methoxy groups -OCH3 is 1. The molecule has 3 rings (SSSR count). The van der Waals surface area contributed by atoms with Crippen LogP contribution in [-0.4, -0.2) is 31.1 Å². The van der Waals surface area contributed by atoms with Gasteiger partial charge in [-0.25, -0.2) is 4.99 Å². The van der Waals surface area contributed by atoms with E-state index in [4.69, 9.17) is 4.74 Å². The average Bonchev–Trinajstić information content (AvgIpc) is 3.02. The highest BCUT2D eigenvalue weighted by atomic mass is 16.5. The minimum Gasteiger partial charge on any atom is -0.497 e. The maximum absolute atomic E-state index is 5.20. The molecule has 0 aliphatic carbocycles. The van der Waals surface area contributed by atoms with Crippen molar-refractivity contribution in [3.63, 3.8) is 0 Å². The number of aromatic amines is 1. The molecule has 142 valence electrons. The zero-order valence-electron chi connectivity index (χ0n) is 16.3. The predicted molar refractivity (Wildman–Crippen MR) is 113 cm³/mol. The van der Waals surface area contributed by atoms with Crippen molar-refractivity contribution in [3.8, 4) is 5.75 Å². The SMILES string of the molecule is CCNC(=NCc1ccc(OC)cc1)NCCc1c(C)[nH]c2ccccc12. The lowest BCUT2D eigenvalue weighted by Crippen LogP contribution is -2.38. The first-order valence-electron chi connectivity index (χ1n) is 9.42. The van der Waals surface area contributed by atoms with Crippen molar-refractivity contribution in [3.05, 3.63) is 65.4 Å². The fraction of sp³-hybridized carbons (Fsp3) is 0.318. The van der Waals surface area contributed by atoms with E-state index in [1.807, 2.05) is 24.3 Å². The summed E-state index contributed by atoms with van der Waals surface area (Å²) in [6, 6.07) is 16.5. The summed E-state index contributed by atoms with van der Waals surface area (Å²) in [5.41, 5.74) is 4.95. The van der Waals surface area contributed by atoms with E-state index in [2.05, 4.69) is 58.7 Å². The monoisotopic (exact) mass is 364 g/mol. The van der Waals surface area contributed by atoms with Crippen LogP contribution < -0.4 is 15.4 Å². The number of nitrogens with one attached hydrogen (secondary N) is 3. The Balaban J connectivity index is 1.61. The fourth-order valence-corrected chi connectivity index (χ4v) is 3.21. The number of aliphatic imine (C=N–C) groups is 1. The van der Waals surface area contributed by atoms with Crippen molar-refractivity contribution in [1.82, 2.24) is 15.6 Å². The Labute approximate surface area is 160 Å². The Kier molecular flexibility index (Phi) is 6.36. The van der Waals surface area contributed by atoms with Gasteiger partial charge in [0.05, 0.1) is 13.7 Å². The second-order valence-electron chi connectivity index (χ2n) is 6.49. The predicted octanol–water partition coefficient (Wildman–Crippen LogP) is 3.78. The van der Waals surface area contributed by atoms with E-state index in [0.29, 0.717) is 6.54 Å². The number of guanidine groups is 1. The van der Waals surface area contributed by atoms with E-state index in [1.54, 1.807) is 7.11 Å². The van der Waals surface area contributed by atoms with Crippen LogP contribution in [0.15, 0.2) is 53.5 Å². The van der Waals surface area contributed by atoms with Gasteiger partial charge in [0.1, 0.15) is 5.75 Å². The van der Waals surface area contributed by atoms with Gasteiger partial charge in [-0.3, -0.25) is 0 Å². The third-order valence-corrected chi connectivity index (χ3v) is 4.62. The van der Waals surface area contributed by atoms with Gasteiger partial charge >= 0.3 is 0 Å². The molecule has 0 aliphatic rings. The highest BCUT2D eigenvalue weighted by molar-refractivity contribution is 5.84. The number of hydrogen-bond donors (Lipinski definition) is 3. The molecule has 3 N–H and O–H groups in total. The zero-order valence-corrected chi connectivity index (χ0v) is 16.3. The molecular formula is C22H28N4O. The molecule has 0 fully saturated rings. The van der Waals surface area contributed by atoms with Crippen molar-refractivity contribution in [2.45, 2.75) is 26.8 Å². The number of H-pyrrole nitrogens is 1. The quantitative estimate of drug-likeness (QED) is 0.442. The number of hydrogen-bond acceptors (Lipinski definition) is 2. The number of fused-ring (bicyclic) bond motifs is 1. The first kappa shape index (κ1) is 18.8. The number of aromatic nitrogens is 1. The van der Waals surface area contributed by atoms with Gasteiger partial charge in [0, 0.05) is 29.7 Å². The molecule has 0 unspecified atom stereocenters. The molecule has 1 heterocycles. The number of nitrogens with zero attached hydrogens (tertiary/aromatic N) is 1. The molecule has 0 saturated heterocycles. The van der Waals surface area contributed by atoms with Gasteiger partial charge in [-0.15, -0.1) is 0 Å². The lowest BCUT2D eigenvalue weighted by atomic mass is 10.1. The molecule has 0 radical (unpaired) electrons. The Hall–Kier alpha value is -2.95.